The Morgan fingerprint density at radius 2 is 2.00 bits per heavy atom. The molecule has 1 heterocycles. The zero-order valence-electron chi connectivity index (χ0n) is 8.70. The van der Waals surface area contributed by atoms with E-state index in [1.807, 2.05) is 25.6 Å². The second-order valence-electron chi connectivity index (χ2n) is 3.57. The molecule has 4 heteroatoms. The van der Waals surface area contributed by atoms with E-state index < -0.39 is 0 Å². The molecular weight excluding hydrogens is 168 g/mol. The summed E-state index contributed by atoms with van der Waals surface area (Å²) < 4.78 is 6.70. The molecule has 1 fully saturated rings. The topological polar surface area (TPSA) is 32.5 Å². The zero-order chi connectivity index (χ0) is 10.0. The summed E-state index contributed by atoms with van der Waals surface area (Å²) in [4.78, 5) is 13.2. The van der Waals surface area contributed by atoms with Crippen LogP contribution < -0.4 is 0 Å². The Hall–Kier alpha value is -1.06. The van der Waals surface area contributed by atoms with Gasteiger partial charge in [-0.2, -0.15) is 0 Å². The van der Waals surface area contributed by atoms with E-state index in [0.717, 1.165) is 13.1 Å². The van der Waals surface area contributed by atoms with Crippen molar-refractivity contribution >= 4 is 11.8 Å². The van der Waals surface area contributed by atoms with Crippen LogP contribution in [0.3, 0.4) is 0 Å². The van der Waals surface area contributed by atoms with Gasteiger partial charge >= 0.3 is 5.97 Å². The first-order chi connectivity index (χ1) is 6.06. The fraction of sp³-hybridized carbons (Fsp3) is 0.778. The number of methoxy groups -OCH3 is 1. The number of esters is 1. The highest BCUT2D eigenvalue weighted by Gasteiger charge is 2.39. The maximum atomic E-state index is 11.1. The zero-order valence-corrected chi connectivity index (χ0v) is 8.70. The van der Waals surface area contributed by atoms with Crippen molar-refractivity contribution in [2.75, 3.05) is 34.3 Å². The minimum Gasteiger partial charge on any atom is -0.469 e. The first-order valence-corrected chi connectivity index (χ1v) is 4.40. The predicted octanol–water partition coefficient (Wildman–Crippen LogP) is -0.218. The van der Waals surface area contributed by atoms with E-state index in [1.54, 1.807) is 0 Å². The number of carbonyl (C=O) groups is 1. The van der Waals surface area contributed by atoms with Crippen LogP contribution in [0.5, 0.6) is 0 Å². The summed E-state index contributed by atoms with van der Waals surface area (Å²) in [5.74, 6) is 1.17. The highest BCUT2D eigenvalue weighted by Crippen LogP contribution is 2.16. The van der Waals surface area contributed by atoms with E-state index in [9.17, 15) is 4.79 Å². The molecule has 1 aliphatic heterocycles. The summed E-state index contributed by atoms with van der Waals surface area (Å²) in [6.07, 6.45) is 0. The van der Waals surface area contributed by atoms with Gasteiger partial charge in [-0.1, -0.05) is 0 Å². The van der Waals surface area contributed by atoms with Crippen LogP contribution in [0.25, 0.3) is 0 Å². The summed E-state index contributed by atoms with van der Waals surface area (Å²) >= 11 is 0. The Morgan fingerprint density at radius 1 is 1.46 bits per heavy atom. The molecule has 0 aromatic rings. The second-order valence-corrected chi connectivity index (χ2v) is 3.57. The predicted molar refractivity (Wildman–Crippen MR) is 49.9 cm³/mol. The lowest BCUT2D eigenvalue weighted by atomic mass is 10.0. The summed E-state index contributed by atoms with van der Waals surface area (Å²) in [6.45, 7) is 3.63. The van der Waals surface area contributed by atoms with Gasteiger partial charge in [0.25, 0.3) is 0 Å². The van der Waals surface area contributed by atoms with Gasteiger partial charge in [0.1, 0.15) is 19.0 Å². The molecule has 1 aliphatic rings. The number of hydrogen-bond acceptors (Lipinski definition) is 2. The van der Waals surface area contributed by atoms with Crippen molar-refractivity contribution < 1.29 is 14.1 Å². The van der Waals surface area contributed by atoms with Crippen molar-refractivity contribution in [2.45, 2.75) is 6.92 Å². The average Bonchev–Trinajstić information content (AvgIpc) is 2.00. The highest BCUT2D eigenvalue weighted by atomic mass is 16.5. The lowest BCUT2D eigenvalue weighted by molar-refractivity contribution is -0.471. The maximum Gasteiger partial charge on any atom is 0.316 e. The van der Waals surface area contributed by atoms with Crippen LogP contribution in [0.4, 0.5) is 0 Å². The molecule has 0 amide bonds. The van der Waals surface area contributed by atoms with Crippen LogP contribution in [0, 0.1) is 5.92 Å². The van der Waals surface area contributed by atoms with Crippen LogP contribution in [0.15, 0.2) is 0 Å². The number of hydrogen-bond donors (Lipinski definition) is 0. The quantitative estimate of drug-likeness (QED) is 0.245. The Balaban J connectivity index is 2.42. The van der Waals surface area contributed by atoms with Crippen molar-refractivity contribution in [3.63, 3.8) is 0 Å². The first kappa shape index (κ1) is 10.0. The van der Waals surface area contributed by atoms with Gasteiger partial charge < -0.3 is 4.74 Å². The molecule has 0 bridgehead atoms. The van der Waals surface area contributed by atoms with Gasteiger partial charge in [0, 0.05) is 6.92 Å². The van der Waals surface area contributed by atoms with Crippen molar-refractivity contribution in [3.8, 4) is 0 Å². The molecule has 0 N–H and O–H groups in total. The molecule has 1 rings (SSSR count). The van der Waals surface area contributed by atoms with E-state index in [2.05, 4.69) is 9.64 Å². The lowest BCUT2D eigenvalue weighted by Gasteiger charge is -2.32. The SMILES string of the molecule is COC(=O)C1CN(C(C)=[N+](C)C)C1. The molecule has 1 saturated heterocycles. The van der Waals surface area contributed by atoms with E-state index in [0.29, 0.717) is 0 Å². The minimum atomic E-state index is -0.0946. The Bertz CT molecular complexity index is 238. The minimum absolute atomic E-state index is 0.0694. The van der Waals surface area contributed by atoms with Crippen molar-refractivity contribution in [1.29, 1.82) is 0 Å². The summed E-state index contributed by atoms with van der Waals surface area (Å²) in [7, 11) is 5.44. The lowest BCUT2D eigenvalue weighted by Crippen LogP contribution is -2.54. The summed E-state index contributed by atoms with van der Waals surface area (Å²) in [5.41, 5.74) is 0. The third-order valence-electron chi connectivity index (χ3n) is 2.52. The Labute approximate surface area is 78.8 Å². The molecule has 74 valence electrons. The second kappa shape index (κ2) is 3.77. The summed E-state index contributed by atoms with van der Waals surface area (Å²) in [6, 6.07) is 0. The molecule has 0 saturated carbocycles. The average molecular weight is 185 g/mol. The van der Waals surface area contributed by atoms with Gasteiger partial charge in [-0.25, -0.2) is 0 Å². The van der Waals surface area contributed by atoms with Gasteiger partial charge in [0.15, 0.2) is 0 Å². The van der Waals surface area contributed by atoms with Crippen molar-refractivity contribution in [3.05, 3.63) is 0 Å². The van der Waals surface area contributed by atoms with Gasteiger partial charge in [-0.3, -0.25) is 14.3 Å². The van der Waals surface area contributed by atoms with E-state index in [1.165, 1.54) is 12.9 Å². The number of nitrogens with zero attached hydrogens (tertiary/aromatic N) is 2. The largest absolute Gasteiger partial charge is 0.469 e. The normalized spacial score (nSPS) is 16.5. The Morgan fingerprint density at radius 3 is 2.38 bits per heavy atom. The molecule has 0 aromatic heterocycles. The van der Waals surface area contributed by atoms with Gasteiger partial charge in [-0.15, -0.1) is 0 Å². The summed E-state index contributed by atoms with van der Waals surface area (Å²) in [5, 5.41) is 0. The molecule has 0 radical (unpaired) electrons. The van der Waals surface area contributed by atoms with E-state index in [-0.39, 0.29) is 11.9 Å². The molecule has 0 spiro atoms. The van der Waals surface area contributed by atoms with E-state index >= 15 is 0 Å². The number of ether oxygens (including phenoxy) is 1. The third kappa shape index (κ3) is 1.99. The molecule has 13 heavy (non-hydrogen) atoms. The van der Waals surface area contributed by atoms with Crippen LogP contribution in [-0.2, 0) is 9.53 Å². The maximum absolute atomic E-state index is 11.1. The van der Waals surface area contributed by atoms with Crippen LogP contribution in [-0.4, -0.2) is 55.6 Å². The first-order valence-electron chi connectivity index (χ1n) is 4.40. The monoisotopic (exact) mass is 185 g/mol. The van der Waals surface area contributed by atoms with E-state index in [4.69, 9.17) is 0 Å². The van der Waals surface area contributed by atoms with Gasteiger partial charge in [-0.05, 0) is 0 Å². The number of carbonyl (C=O) groups excluding carboxylic acids is 1. The fourth-order valence-corrected chi connectivity index (χ4v) is 1.34. The van der Waals surface area contributed by atoms with Crippen LogP contribution in [0.1, 0.15) is 6.92 Å². The van der Waals surface area contributed by atoms with Crippen LogP contribution >= 0.6 is 0 Å². The standard InChI is InChI=1S/C9H17N2O2/c1-7(10(2)3)11-5-8(6-11)9(12)13-4/h8H,5-6H2,1-4H3/q+1. The smallest absolute Gasteiger partial charge is 0.316 e. The fourth-order valence-electron chi connectivity index (χ4n) is 1.34. The number of amidine groups is 1. The van der Waals surface area contributed by atoms with Gasteiger partial charge in [0.05, 0.1) is 21.2 Å². The van der Waals surface area contributed by atoms with Crippen LogP contribution in [0.2, 0.25) is 0 Å². The highest BCUT2D eigenvalue weighted by molar-refractivity contribution is 5.80. The molecule has 4 nitrogen and oxygen atoms in total. The Kier molecular flexibility index (Phi) is 2.90. The number of rotatable bonds is 1. The molecule has 0 atom stereocenters. The van der Waals surface area contributed by atoms with Crippen molar-refractivity contribution in [1.82, 2.24) is 4.90 Å². The third-order valence-corrected chi connectivity index (χ3v) is 2.52. The van der Waals surface area contributed by atoms with Gasteiger partial charge in [0.2, 0.25) is 5.84 Å². The molecule has 0 unspecified atom stereocenters. The molecular formula is C9H17N2O2+. The number of likely N-dealkylation sites (tertiary alicyclic amines) is 1. The van der Waals surface area contributed by atoms with Crippen molar-refractivity contribution in [2.24, 2.45) is 5.92 Å². The molecule has 0 aliphatic carbocycles. The molecule has 0 aromatic carbocycles.